The van der Waals surface area contributed by atoms with Crippen LogP contribution in [0.1, 0.15) is 50.3 Å². The Bertz CT molecular complexity index is 344. The van der Waals surface area contributed by atoms with Gasteiger partial charge in [0.25, 0.3) is 0 Å². The average molecular weight is 249 g/mol. The van der Waals surface area contributed by atoms with Crippen molar-refractivity contribution in [3.05, 3.63) is 35.4 Å². The van der Waals surface area contributed by atoms with Gasteiger partial charge >= 0.3 is 0 Å². The lowest BCUT2D eigenvalue weighted by atomic mass is 9.99. The number of hydrogen-bond acceptors (Lipinski definition) is 2. The van der Waals surface area contributed by atoms with Gasteiger partial charge in [-0.3, -0.25) is 0 Å². The maximum atomic E-state index is 3.66. The molecule has 1 heterocycles. The molecule has 1 aliphatic heterocycles. The van der Waals surface area contributed by atoms with Crippen molar-refractivity contribution < 1.29 is 0 Å². The molecule has 2 heteroatoms. The van der Waals surface area contributed by atoms with E-state index in [1.165, 1.54) is 23.3 Å². The molecule has 1 N–H and O–H groups in total. The molecule has 1 nitrogen and oxygen atoms in total. The Morgan fingerprint density at radius 2 is 1.94 bits per heavy atom. The summed E-state index contributed by atoms with van der Waals surface area (Å²) in [5.41, 5.74) is 2.87. The third-order valence-corrected chi connectivity index (χ3v) is 4.83. The van der Waals surface area contributed by atoms with Gasteiger partial charge in [0, 0.05) is 17.0 Å². The van der Waals surface area contributed by atoms with Crippen LogP contribution in [-0.4, -0.2) is 17.5 Å². The van der Waals surface area contributed by atoms with Crippen LogP contribution in [0.4, 0.5) is 0 Å². The van der Waals surface area contributed by atoms with E-state index in [-0.39, 0.29) is 0 Å². The number of hydrogen-bond donors (Lipinski definition) is 1. The summed E-state index contributed by atoms with van der Waals surface area (Å²) in [5, 5.41) is 4.45. The molecule has 0 aliphatic carbocycles. The van der Waals surface area contributed by atoms with Gasteiger partial charge in [0.2, 0.25) is 0 Å². The van der Waals surface area contributed by atoms with Crippen LogP contribution in [0.2, 0.25) is 0 Å². The molecule has 0 bridgehead atoms. The minimum atomic E-state index is 0.533. The first kappa shape index (κ1) is 13.0. The number of rotatable bonds is 2. The molecule has 2 unspecified atom stereocenters. The Kier molecular flexibility index (Phi) is 4.52. The van der Waals surface area contributed by atoms with Crippen molar-refractivity contribution >= 4 is 11.8 Å². The fourth-order valence-corrected chi connectivity index (χ4v) is 3.31. The first-order valence-electron chi connectivity index (χ1n) is 6.61. The largest absolute Gasteiger partial charge is 0.309 e. The molecule has 1 aromatic rings. The van der Waals surface area contributed by atoms with Gasteiger partial charge in [-0.2, -0.15) is 11.8 Å². The van der Waals surface area contributed by atoms with E-state index in [0.717, 1.165) is 11.8 Å². The predicted molar refractivity (Wildman–Crippen MR) is 77.8 cm³/mol. The second kappa shape index (κ2) is 5.92. The van der Waals surface area contributed by atoms with Crippen LogP contribution in [0, 0.1) is 0 Å². The first-order chi connectivity index (χ1) is 8.16. The maximum absolute atomic E-state index is 3.66. The van der Waals surface area contributed by atoms with E-state index < -0.39 is 0 Å². The highest BCUT2D eigenvalue weighted by atomic mass is 32.2. The van der Waals surface area contributed by atoms with Crippen molar-refractivity contribution in [3.63, 3.8) is 0 Å². The van der Waals surface area contributed by atoms with Crippen molar-refractivity contribution in [2.24, 2.45) is 0 Å². The van der Waals surface area contributed by atoms with Gasteiger partial charge in [-0.15, -0.1) is 0 Å². The molecule has 0 spiro atoms. The summed E-state index contributed by atoms with van der Waals surface area (Å²) in [6.45, 7) is 7.97. The van der Waals surface area contributed by atoms with Crippen molar-refractivity contribution in [3.8, 4) is 0 Å². The number of thioether (sulfide) groups is 1. The lowest BCUT2D eigenvalue weighted by Crippen LogP contribution is -2.22. The van der Waals surface area contributed by atoms with Gasteiger partial charge in [0.15, 0.2) is 0 Å². The van der Waals surface area contributed by atoms with Crippen LogP contribution < -0.4 is 5.32 Å². The van der Waals surface area contributed by atoms with Gasteiger partial charge < -0.3 is 5.32 Å². The molecular weight excluding hydrogens is 226 g/mol. The third-order valence-electron chi connectivity index (χ3n) is 3.49. The number of benzene rings is 1. The number of nitrogens with one attached hydrogen (secondary N) is 1. The van der Waals surface area contributed by atoms with Gasteiger partial charge in [0.05, 0.1) is 0 Å². The zero-order valence-electron chi connectivity index (χ0n) is 11.1. The topological polar surface area (TPSA) is 12.0 Å². The summed E-state index contributed by atoms with van der Waals surface area (Å²) >= 11 is 2.09. The molecule has 0 saturated carbocycles. The van der Waals surface area contributed by atoms with Crippen molar-refractivity contribution in [2.45, 2.75) is 44.4 Å². The molecule has 17 heavy (non-hydrogen) atoms. The highest BCUT2D eigenvalue weighted by Gasteiger charge is 2.17. The fourth-order valence-electron chi connectivity index (χ4n) is 2.19. The molecule has 2 atom stereocenters. The molecule has 1 aliphatic rings. The molecule has 2 rings (SSSR count). The predicted octanol–water partition coefficient (Wildman–Crippen LogP) is 3.97. The van der Waals surface area contributed by atoms with Crippen LogP contribution in [-0.2, 0) is 0 Å². The minimum absolute atomic E-state index is 0.533. The minimum Gasteiger partial charge on any atom is -0.309 e. The van der Waals surface area contributed by atoms with E-state index in [1.54, 1.807) is 0 Å². The Hall–Kier alpha value is -0.470. The van der Waals surface area contributed by atoms with E-state index >= 15 is 0 Å². The Morgan fingerprint density at radius 3 is 2.59 bits per heavy atom. The monoisotopic (exact) mass is 249 g/mol. The zero-order valence-corrected chi connectivity index (χ0v) is 11.9. The van der Waals surface area contributed by atoms with Crippen LogP contribution in [0.5, 0.6) is 0 Å². The molecule has 0 radical (unpaired) electrons. The van der Waals surface area contributed by atoms with Crippen LogP contribution >= 0.6 is 11.8 Å². The Labute approximate surface area is 109 Å². The van der Waals surface area contributed by atoms with Crippen LogP contribution in [0.3, 0.4) is 0 Å². The second-order valence-corrected chi connectivity index (χ2v) is 6.73. The SMILES string of the molecule is CC1CCNC(c2ccc(C(C)C)cc2)CS1. The first-order valence-corrected chi connectivity index (χ1v) is 7.66. The zero-order chi connectivity index (χ0) is 12.3. The summed E-state index contributed by atoms with van der Waals surface area (Å²) in [6, 6.07) is 9.68. The fraction of sp³-hybridized carbons (Fsp3) is 0.600. The molecule has 0 amide bonds. The van der Waals surface area contributed by atoms with Crippen molar-refractivity contribution in [2.75, 3.05) is 12.3 Å². The summed E-state index contributed by atoms with van der Waals surface area (Å²) in [7, 11) is 0. The van der Waals surface area contributed by atoms with Crippen LogP contribution in [0.25, 0.3) is 0 Å². The van der Waals surface area contributed by atoms with Crippen molar-refractivity contribution in [1.82, 2.24) is 5.32 Å². The van der Waals surface area contributed by atoms with Crippen LogP contribution in [0.15, 0.2) is 24.3 Å². The van der Waals surface area contributed by atoms with Gasteiger partial charge in [-0.1, -0.05) is 45.0 Å². The highest BCUT2D eigenvalue weighted by molar-refractivity contribution is 7.99. The third kappa shape index (κ3) is 3.49. The van der Waals surface area contributed by atoms with E-state index in [4.69, 9.17) is 0 Å². The molecule has 1 aromatic carbocycles. The molecule has 0 aromatic heterocycles. The molecule has 94 valence electrons. The summed E-state index contributed by atoms with van der Waals surface area (Å²) in [4.78, 5) is 0. The molecular formula is C15H23NS. The highest BCUT2D eigenvalue weighted by Crippen LogP contribution is 2.26. The normalized spacial score (nSPS) is 25.9. The van der Waals surface area contributed by atoms with Gasteiger partial charge in [-0.05, 0) is 30.0 Å². The Morgan fingerprint density at radius 1 is 1.24 bits per heavy atom. The second-order valence-electron chi connectivity index (χ2n) is 5.26. The van der Waals surface area contributed by atoms with Crippen molar-refractivity contribution in [1.29, 1.82) is 0 Å². The average Bonchev–Trinajstić information content (AvgIpc) is 2.54. The summed E-state index contributed by atoms with van der Waals surface area (Å²) in [6.07, 6.45) is 1.28. The van der Waals surface area contributed by atoms with E-state index in [2.05, 4.69) is 62.1 Å². The summed E-state index contributed by atoms with van der Waals surface area (Å²) < 4.78 is 0. The van der Waals surface area contributed by atoms with Gasteiger partial charge in [-0.25, -0.2) is 0 Å². The Balaban J connectivity index is 2.06. The quantitative estimate of drug-likeness (QED) is 0.851. The van der Waals surface area contributed by atoms with E-state index in [0.29, 0.717) is 12.0 Å². The van der Waals surface area contributed by atoms with E-state index in [9.17, 15) is 0 Å². The smallest absolute Gasteiger partial charge is 0.0411 e. The van der Waals surface area contributed by atoms with E-state index in [1.807, 2.05) is 0 Å². The maximum Gasteiger partial charge on any atom is 0.0411 e. The lowest BCUT2D eigenvalue weighted by molar-refractivity contribution is 0.578. The summed E-state index contributed by atoms with van der Waals surface area (Å²) in [5.74, 6) is 1.82. The lowest BCUT2D eigenvalue weighted by Gasteiger charge is -2.16. The molecule has 1 fully saturated rings. The molecule has 1 saturated heterocycles. The van der Waals surface area contributed by atoms with Gasteiger partial charge in [0.1, 0.15) is 0 Å². The standard InChI is InChI=1S/C15H23NS/c1-11(2)13-4-6-14(7-5-13)15-10-17-12(3)8-9-16-15/h4-7,11-12,15-16H,8-10H2,1-3H3.